The first-order chi connectivity index (χ1) is 10.5. The number of rotatable bonds is 1. The Balaban J connectivity index is 1.76. The zero-order valence-electron chi connectivity index (χ0n) is 13.8. The van der Waals surface area contributed by atoms with Crippen LogP contribution in [0.25, 0.3) is 0 Å². The van der Waals surface area contributed by atoms with Crippen LogP contribution in [-0.4, -0.2) is 46.8 Å². The van der Waals surface area contributed by atoms with Crippen LogP contribution < -0.4 is 0 Å². The van der Waals surface area contributed by atoms with Crippen LogP contribution in [0.15, 0.2) is 0 Å². The van der Waals surface area contributed by atoms with Gasteiger partial charge in [0.25, 0.3) is 0 Å². The number of carbonyl (C=O) groups excluding carboxylic acids is 1. The molecule has 22 heavy (non-hydrogen) atoms. The zero-order valence-corrected chi connectivity index (χ0v) is 13.8. The summed E-state index contributed by atoms with van der Waals surface area (Å²) in [5.41, 5.74) is 0.193. The number of piperidine rings is 2. The van der Waals surface area contributed by atoms with E-state index in [0.29, 0.717) is 23.7 Å². The molecule has 2 bridgehead atoms. The van der Waals surface area contributed by atoms with Gasteiger partial charge in [0.2, 0.25) is 0 Å². The molecule has 4 nitrogen and oxygen atoms in total. The Morgan fingerprint density at radius 1 is 1.23 bits per heavy atom. The fourth-order valence-electron chi connectivity index (χ4n) is 6.68. The van der Waals surface area contributed by atoms with Gasteiger partial charge in [-0.05, 0) is 69.4 Å². The van der Waals surface area contributed by atoms with Gasteiger partial charge in [0.05, 0.1) is 6.10 Å². The molecule has 1 N–H and O–H groups in total. The number of hydrogen-bond donors (Lipinski definition) is 1. The summed E-state index contributed by atoms with van der Waals surface area (Å²) in [7, 11) is 0. The number of hydrogen-bond acceptors (Lipinski definition) is 4. The molecule has 0 aromatic rings. The van der Waals surface area contributed by atoms with Crippen molar-refractivity contribution in [3.8, 4) is 0 Å². The first-order valence-corrected chi connectivity index (χ1v) is 9.14. The zero-order chi connectivity index (χ0) is 15.5. The lowest BCUT2D eigenvalue weighted by molar-refractivity contribution is -0.229. The summed E-state index contributed by atoms with van der Waals surface area (Å²) in [5.74, 6) is 1.59. The van der Waals surface area contributed by atoms with Gasteiger partial charge >= 0.3 is 5.97 Å². The minimum absolute atomic E-state index is 0.0156. The summed E-state index contributed by atoms with van der Waals surface area (Å²) in [6.45, 7) is 6.12. The van der Waals surface area contributed by atoms with Crippen molar-refractivity contribution < 1.29 is 14.6 Å². The standard InChI is InChI=1S/C18H29NO3/c1-11-10-18-14-5-3-7-19(18)8-4-6-15(18)16(22-12(2)20)9-13(14)17(11)21/h11,13-17,21H,3-10H2,1-2H3/t11-,13-,14+,15+,16+,17?,18+/m0/s1. The van der Waals surface area contributed by atoms with E-state index in [4.69, 9.17) is 4.74 Å². The summed E-state index contributed by atoms with van der Waals surface area (Å²) >= 11 is 0. The van der Waals surface area contributed by atoms with E-state index >= 15 is 0 Å². The Kier molecular flexibility index (Phi) is 3.53. The van der Waals surface area contributed by atoms with E-state index in [0.717, 1.165) is 12.8 Å². The Morgan fingerprint density at radius 3 is 2.59 bits per heavy atom. The van der Waals surface area contributed by atoms with Crippen LogP contribution in [0.5, 0.6) is 0 Å². The highest BCUT2D eigenvalue weighted by Gasteiger charge is 2.65. The van der Waals surface area contributed by atoms with Crippen LogP contribution in [0.3, 0.4) is 0 Å². The number of nitrogens with zero attached hydrogens (tertiary/aromatic N) is 1. The fraction of sp³-hybridized carbons (Fsp3) is 0.944. The van der Waals surface area contributed by atoms with E-state index in [1.165, 1.54) is 45.7 Å². The lowest BCUT2D eigenvalue weighted by Gasteiger charge is -2.68. The quantitative estimate of drug-likeness (QED) is 0.755. The van der Waals surface area contributed by atoms with Crippen molar-refractivity contribution in [2.75, 3.05) is 13.1 Å². The normalized spacial score (nSPS) is 51.0. The highest BCUT2D eigenvalue weighted by molar-refractivity contribution is 5.66. The molecule has 4 aliphatic rings. The second kappa shape index (κ2) is 5.20. The van der Waals surface area contributed by atoms with Crippen LogP contribution in [0.2, 0.25) is 0 Å². The van der Waals surface area contributed by atoms with Crippen molar-refractivity contribution in [1.82, 2.24) is 4.90 Å². The summed E-state index contributed by atoms with van der Waals surface area (Å²) in [4.78, 5) is 14.3. The first-order valence-electron chi connectivity index (χ1n) is 9.14. The summed E-state index contributed by atoms with van der Waals surface area (Å²) in [6, 6.07) is 0. The third kappa shape index (κ3) is 1.92. The smallest absolute Gasteiger partial charge is 0.302 e. The van der Waals surface area contributed by atoms with Crippen LogP contribution >= 0.6 is 0 Å². The van der Waals surface area contributed by atoms with E-state index in [9.17, 15) is 9.90 Å². The molecular weight excluding hydrogens is 278 g/mol. The highest BCUT2D eigenvalue weighted by Crippen LogP contribution is 2.60. The molecule has 2 aliphatic carbocycles. The number of carbonyl (C=O) groups is 1. The van der Waals surface area contributed by atoms with Gasteiger partial charge in [0.1, 0.15) is 6.10 Å². The molecule has 0 aromatic heterocycles. The topological polar surface area (TPSA) is 49.8 Å². The third-order valence-electron chi connectivity index (χ3n) is 7.22. The number of aliphatic hydroxyl groups is 1. The van der Waals surface area contributed by atoms with Crippen LogP contribution in [0, 0.1) is 23.7 Å². The van der Waals surface area contributed by atoms with Crippen molar-refractivity contribution in [1.29, 1.82) is 0 Å². The average molecular weight is 307 g/mol. The molecular formula is C18H29NO3. The molecule has 0 aromatic carbocycles. The molecule has 2 aliphatic heterocycles. The van der Waals surface area contributed by atoms with Crippen LogP contribution in [0.1, 0.15) is 52.4 Å². The number of aliphatic hydroxyl groups excluding tert-OH is 1. The average Bonchev–Trinajstić information content (AvgIpc) is 2.47. The summed E-state index contributed by atoms with van der Waals surface area (Å²) in [5, 5.41) is 10.8. The predicted octanol–water partition coefficient (Wildman–Crippen LogP) is 2.20. The van der Waals surface area contributed by atoms with Gasteiger partial charge in [-0.25, -0.2) is 0 Å². The van der Waals surface area contributed by atoms with Gasteiger partial charge in [0, 0.05) is 18.4 Å². The molecule has 4 rings (SSSR count). The molecule has 2 saturated carbocycles. The van der Waals surface area contributed by atoms with E-state index in [-0.39, 0.29) is 23.7 Å². The van der Waals surface area contributed by atoms with Crippen molar-refractivity contribution in [2.24, 2.45) is 23.7 Å². The summed E-state index contributed by atoms with van der Waals surface area (Å²) < 4.78 is 5.76. The third-order valence-corrected chi connectivity index (χ3v) is 7.22. The number of ether oxygens (including phenoxy) is 1. The van der Waals surface area contributed by atoms with Crippen molar-refractivity contribution >= 4 is 5.97 Å². The Labute approximate surface area is 133 Å². The lowest BCUT2D eigenvalue weighted by atomic mass is 9.47. The Bertz CT molecular complexity index is 465. The van der Waals surface area contributed by atoms with E-state index in [1.807, 2.05) is 0 Å². The lowest BCUT2D eigenvalue weighted by Crippen LogP contribution is -2.74. The number of esters is 1. The van der Waals surface area contributed by atoms with Gasteiger partial charge in [-0.15, -0.1) is 0 Å². The van der Waals surface area contributed by atoms with E-state index in [2.05, 4.69) is 11.8 Å². The maximum Gasteiger partial charge on any atom is 0.302 e. The second-order valence-corrected chi connectivity index (χ2v) is 8.20. The molecule has 2 saturated heterocycles. The minimum atomic E-state index is -0.225. The molecule has 4 heteroatoms. The van der Waals surface area contributed by atoms with E-state index in [1.54, 1.807) is 0 Å². The van der Waals surface area contributed by atoms with Gasteiger partial charge < -0.3 is 9.84 Å². The molecule has 2 heterocycles. The van der Waals surface area contributed by atoms with Gasteiger partial charge in [-0.3, -0.25) is 9.69 Å². The maximum atomic E-state index is 11.6. The van der Waals surface area contributed by atoms with Gasteiger partial charge in [0.15, 0.2) is 0 Å². The Morgan fingerprint density at radius 2 is 1.91 bits per heavy atom. The predicted molar refractivity (Wildman–Crippen MR) is 83.2 cm³/mol. The van der Waals surface area contributed by atoms with Crippen molar-refractivity contribution in [3.05, 3.63) is 0 Å². The van der Waals surface area contributed by atoms with Crippen molar-refractivity contribution in [3.63, 3.8) is 0 Å². The van der Waals surface area contributed by atoms with Crippen molar-refractivity contribution in [2.45, 2.75) is 70.1 Å². The van der Waals surface area contributed by atoms with Crippen LogP contribution in [0.4, 0.5) is 0 Å². The van der Waals surface area contributed by atoms with Gasteiger partial charge in [-0.2, -0.15) is 0 Å². The SMILES string of the molecule is CC(=O)O[C@@H]1C[C@@H]2C(O)[C@@H](C)C[C@]34[C@@H]2CCCN3CCC[C@H]14. The van der Waals surface area contributed by atoms with Crippen LogP contribution in [-0.2, 0) is 9.53 Å². The highest BCUT2D eigenvalue weighted by atomic mass is 16.5. The molecule has 0 radical (unpaired) electrons. The second-order valence-electron chi connectivity index (χ2n) is 8.20. The largest absolute Gasteiger partial charge is 0.462 e. The molecule has 7 atom stereocenters. The molecule has 124 valence electrons. The minimum Gasteiger partial charge on any atom is -0.462 e. The summed E-state index contributed by atoms with van der Waals surface area (Å²) in [6.07, 6.45) is 6.65. The van der Waals surface area contributed by atoms with Gasteiger partial charge in [-0.1, -0.05) is 6.92 Å². The van der Waals surface area contributed by atoms with E-state index < -0.39 is 0 Å². The monoisotopic (exact) mass is 307 g/mol. The first kappa shape index (κ1) is 14.9. The maximum absolute atomic E-state index is 11.6. The molecule has 0 amide bonds. The molecule has 4 fully saturated rings. The fourth-order valence-corrected chi connectivity index (χ4v) is 6.68. The molecule has 1 spiro atoms. The molecule has 1 unspecified atom stereocenters. The Hall–Kier alpha value is -0.610.